The minimum absolute atomic E-state index is 0.0464. The maximum absolute atomic E-state index is 12.9. The Bertz CT molecular complexity index is 1480. The molecule has 4 aromatic rings. The number of carbonyl (C=O) groups excluding carboxylic acids is 1. The number of aromatic nitrogens is 1. The lowest BCUT2D eigenvalue weighted by Crippen LogP contribution is -2.06. The second kappa shape index (κ2) is 9.79. The van der Waals surface area contributed by atoms with Gasteiger partial charge in [-0.05, 0) is 33.9 Å². The van der Waals surface area contributed by atoms with Gasteiger partial charge in [-0.1, -0.05) is 86.3 Å². The third kappa shape index (κ3) is 4.50. The van der Waals surface area contributed by atoms with E-state index in [1.54, 1.807) is 6.07 Å². The molecule has 6 heteroatoms. The van der Waals surface area contributed by atoms with E-state index in [0.717, 1.165) is 28.1 Å². The number of rotatable bonds is 6. The minimum Gasteiger partial charge on any atom is -0.383 e. The Morgan fingerprint density at radius 1 is 0.971 bits per heavy atom. The van der Waals surface area contributed by atoms with Crippen LogP contribution in [0.2, 0.25) is 0 Å². The Morgan fingerprint density at radius 2 is 1.65 bits per heavy atom. The molecule has 0 spiro atoms. The molecule has 5 nitrogen and oxygen atoms in total. The number of benzene rings is 3. The smallest absolute Gasteiger partial charge is 0.173 e. The first-order chi connectivity index (χ1) is 16.4. The number of fused-ring (bicyclic) bond motifs is 1. The highest BCUT2D eigenvalue weighted by atomic mass is 32.2. The molecule has 0 bridgehead atoms. The van der Waals surface area contributed by atoms with Crippen LogP contribution in [0.25, 0.3) is 21.9 Å². The first-order valence-electron chi connectivity index (χ1n) is 10.8. The van der Waals surface area contributed by atoms with Crippen molar-refractivity contribution in [2.24, 2.45) is 0 Å². The molecule has 166 valence electrons. The number of ketones is 1. The number of pyridine rings is 1. The molecule has 0 aliphatic heterocycles. The normalized spacial score (nSPS) is 10.7. The molecule has 0 radical (unpaired) electrons. The first-order valence-corrected chi connectivity index (χ1v) is 11.8. The molecule has 0 saturated heterocycles. The second-order valence-electron chi connectivity index (χ2n) is 8.20. The van der Waals surface area contributed by atoms with E-state index < -0.39 is 0 Å². The van der Waals surface area contributed by atoms with Crippen molar-refractivity contribution < 1.29 is 4.79 Å². The van der Waals surface area contributed by atoms with Crippen LogP contribution in [-0.2, 0) is 0 Å². The van der Waals surface area contributed by atoms with Gasteiger partial charge in [-0.25, -0.2) is 4.98 Å². The van der Waals surface area contributed by atoms with Gasteiger partial charge in [0, 0.05) is 11.1 Å². The van der Waals surface area contributed by atoms with Gasteiger partial charge in [-0.3, -0.25) is 4.79 Å². The number of thioether (sulfide) groups is 1. The molecule has 0 aliphatic carbocycles. The van der Waals surface area contributed by atoms with E-state index in [9.17, 15) is 15.3 Å². The average Bonchev–Trinajstić information content (AvgIpc) is 2.86. The molecule has 0 aliphatic rings. The van der Waals surface area contributed by atoms with Gasteiger partial charge in [-0.15, -0.1) is 0 Å². The van der Waals surface area contributed by atoms with Gasteiger partial charge in [0.05, 0.1) is 11.3 Å². The van der Waals surface area contributed by atoms with Crippen LogP contribution in [0.15, 0.2) is 71.8 Å². The highest BCUT2D eigenvalue weighted by Crippen LogP contribution is 2.36. The minimum atomic E-state index is -0.0767. The molecule has 1 aromatic heterocycles. The zero-order chi connectivity index (χ0) is 24.2. The summed E-state index contributed by atoms with van der Waals surface area (Å²) in [5.74, 6) is 0.420. The fourth-order valence-electron chi connectivity index (χ4n) is 3.81. The maximum Gasteiger partial charge on any atom is 0.173 e. The summed E-state index contributed by atoms with van der Waals surface area (Å²) < 4.78 is 0. The zero-order valence-corrected chi connectivity index (χ0v) is 19.7. The van der Waals surface area contributed by atoms with Gasteiger partial charge in [0.2, 0.25) is 0 Å². The molecule has 0 saturated carbocycles. The van der Waals surface area contributed by atoms with Crippen molar-refractivity contribution in [1.82, 2.24) is 4.98 Å². The highest BCUT2D eigenvalue weighted by molar-refractivity contribution is 8.00. The third-order valence-electron chi connectivity index (χ3n) is 5.69. The zero-order valence-electron chi connectivity index (χ0n) is 18.9. The van der Waals surface area contributed by atoms with E-state index in [1.165, 1.54) is 0 Å². The number of nitriles is 2. The summed E-state index contributed by atoms with van der Waals surface area (Å²) >= 11 is 1.16. The SMILES string of the molecule is CC(C)c1ccc(-c2c(C#N)c(N)nc(SCC(=O)c3ccc4ccccc4c3)c2C#N)cc1. The Hall–Kier alpha value is -4.13. The summed E-state index contributed by atoms with van der Waals surface area (Å²) in [5.41, 5.74) is 9.44. The van der Waals surface area contributed by atoms with Gasteiger partial charge < -0.3 is 5.73 Å². The topological polar surface area (TPSA) is 104 Å². The van der Waals surface area contributed by atoms with Crippen LogP contribution in [-0.4, -0.2) is 16.5 Å². The first kappa shape index (κ1) is 23.0. The lowest BCUT2D eigenvalue weighted by molar-refractivity contribution is 0.102. The number of nitrogen functional groups attached to an aromatic ring is 1. The average molecular weight is 463 g/mol. The largest absolute Gasteiger partial charge is 0.383 e. The van der Waals surface area contributed by atoms with Crippen LogP contribution in [0.1, 0.15) is 46.8 Å². The molecule has 0 atom stereocenters. The van der Waals surface area contributed by atoms with Crippen molar-refractivity contribution >= 4 is 34.1 Å². The molecule has 4 rings (SSSR count). The number of hydrogen-bond donors (Lipinski definition) is 1. The lowest BCUT2D eigenvalue weighted by atomic mass is 9.94. The number of carbonyl (C=O) groups is 1. The molecule has 3 aromatic carbocycles. The quantitative estimate of drug-likeness (QED) is 0.265. The molecular weight excluding hydrogens is 440 g/mol. The van der Waals surface area contributed by atoms with E-state index in [2.05, 4.69) is 31.0 Å². The Morgan fingerprint density at radius 3 is 2.29 bits per heavy atom. The van der Waals surface area contributed by atoms with E-state index in [4.69, 9.17) is 5.73 Å². The molecule has 0 unspecified atom stereocenters. The predicted molar refractivity (Wildman–Crippen MR) is 137 cm³/mol. The summed E-state index contributed by atoms with van der Waals surface area (Å²) in [5, 5.41) is 22.1. The summed E-state index contributed by atoms with van der Waals surface area (Å²) in [6, 6.07) is 25.5. The summed E-state index contributed by atoms with van der Waals surface area (Å²) in [6.45, 7) is 4.20. The lowest BCUT2D eigenvalue weighted by Gasteiger charge is -2.14. The maximum atomic E-state index is 12.9. The summed E-state index contributed by atoms with van der Waals surface area (Å²) in [7, 11) is 0. The van der Waals surface area contributed by atoms with Crippen molar-refractivity contribution in [2.75, 3.05) is 11.5 Å². The molecular formula is C28H22N4OS. The molecule has 0 amide bonds. The van der Waals surface area contributed by atoms with E-state index in [-0.39, 0.29) is 28.5 Å². The fraction of sp³-hybridized carbons (Fsp3) is 0.143. The molecule has 2 N–H and O–H groups in total. The van der Waals surface area contributed by atoms with Gasteiger partial charge in [0.15, 0.2) is 5.78 Å². The Labute approximate surface area is 202 Å². The van der Waals surface area contributed by atoms with Gasteiger partial charge in [0.1, 0.15) is 28.5 Å². The number of nitrogens with zero attached hydrogens (tertiary/aromatic N) is 3. The van der Waals surface area contributed by atoms with Crippen molar-refractivity contribution in [2.45, 2.75) is 24.8 Å². The van der Waals surface area contributed by atoms with Crippen molar-refractivity contribution in [1.29, 1.82) is 10.5 Å². The Kier molecular flexibility index (Phi) is 6.63. The highest BCUT2D eigenvalue weighted by Gasteiger charge is 2.21. The van der Waals surface area contributed by atoms with Crippen molar-refractivity contribution in [3.63, 3.8) is 0 Å². The van der Waals surface area contributed by atoms with Crippen LogP contribution >= 0.6 is 11.8 Å². The van der Waals surface area contributed by atoms with E-state index >= 15 is 0 Å². The predicted octanol–water partition coefficient (Wildman–Crippen LogP) is 6.33. The molecule has 0 fully saturated rings. The van der Waals surface area contributed by atoms with Crippen LogP contribution in [0.4, 0.5) is 5.82 Å². The number of hydrogen-bond acceptors (Lipinski definition) is 6. The summed E-state index contributed by atoms with van der Waals surface area (Å²) in [6.07, 6.45) is 0. The van der Waals surface area contributed by atoms with Gasteiger partial charge >= 0.3 is 0 Å². The van der Waals surface area contributed by atoms with Crippen LogP contribution in [0, 0.1) is 22.7 Å². The van der Waals surface area contributed by atoms with Crippen LogP contribution in [0.5, 0.6) is 0 Å². The number of nitrogens with two attached hydrogens (primary N) is 1. The Balaban J connectivity index is 1.68. The standard InChI is InChI=1S/C28H22N4OS/c1-17(2)18-7-10-20(11-8-18)26-23(14-29)27(31)32-28(24(26)15-30)34-16-25(33)22-12-9-19-5-3-4-6-21(19)13-22/h3-13,17H,16H2,1-2H3,(H2,31,32). The monoisotopic (exact) mass is 462 g/mol. The van der Waals surface area contributed by atoms with Crippen LogP contribution < -0.4 is 5.73 Å². The number of anilines is 1. The van der Waals surface area contributed by atoms with E-state index in [0.29, 0.717) is 27.6 Å². The second-order valence-corrected chi connectivity index (χ2v) is 9.17. The molecule has 1 heterocycles. The number of Topliss-reactive ketones (excluding diaryl/α,β-unsaturated/α-hetero) is 1. The van der Waals surface area contributed by atoms with Gasteiger partial charge in [0.25, 0.3) is 0 Å². The fourth-order valence-corrected chi connectivity index (χ4v) is 4.70. The summed E-state index contributed by atoms with van der Waals surface area (Å²) in [4.78, 5) is 17.2. The molecule has 34 heavy (non-hydrogen) atoms. The third-order valence-corrected chi connectivity index (χ3v) is 6.67. The van der Waals surface area contributed by atoms with E-state index in [1.807, 2.05) is 60.7 Å². The van der Waals surface area contributed by atoms with Crippen molar-refractivity contribution in [3.05, 3.63) is 89.0 Å². The van der Waals surface area contributed by atoms with Crippen LogP contribution in [0.3, 0.4) is 0 Å². The van der Waals surface area contributed by atoms with Crippen molar-refractivity contribution in [3.8, 4) is 23.3 Å². The van der Waals surface area contributed by atoms with Gasteiger partial charge in [-0.2, -0.15) is 10.5 Å².